The van der Waals surface area contributed by atoms with E-state index in [0.717, 1.165) is 55.4 Å². The van der Waals surface area contributed by atoms with Crippen molar-refractivity contribution in [1.82, 2.24) is 48.6 Å². The number of H-pyrrole nitrogens is 1. The number of hydrogen-bond donors (Lipinski definition) is 5. The van der Waals surface area contributed by atoms with Crippen LogP contribution < -0.4 is 0 Å². The van der Waals surface area contributed by atoms with Gasteiger partial charge < -0.3 is 29.6 Å². The number of phenolic OH excluding ortho intramolecular Hbond substituents is 4. The molecular formula is C52H52Cl2N10O4S2. The van der Waals surface area contributed by atoms with Gasteiger partial charge in [0.15, 0.2) is 21.6 Å². The Morgan fingerprint density at radius 1 is 0.629 bits per heavy atom. The Balaban J connectivity index is 0.000000179. The minimum atomic E-state index is -0.0482. The topological polar surface area (TPSA) is 181 Å². The molecule has 0 radical (unpaired) electrons. The smallest absolute Gasteiger partial charge is 0.200 e. The minimum absolute atomic E-state index is 0. The van der Waals surface area contributed by atoms with Gasteiger partial charge in [0.2, 0.25) is 0 Å². The zero-order chi connectivity index (χ0) is 48.9. The van der Waals surface area contributed by atoms with Crippen molar-refractivity contribution in [2.75, 3.05) is 0 Å². The summed E-state index contributed by atoms with van der Waals surface area (Å²) in [6, 6.07) is 30.4. The zero-order valence-electron chi connectivity index (χ0n) is 39.2. The lowest BCUT2D eigenvalue weighted by Gasteiger charge is -2.15. The highest BCUT2D eigenvalue weighted by molar-refractivity contribution is 7.98. The monoisotopic (exact) mass is 1010 g/mol. The van der Waals surface area contributed by atoms with E-state index in [1.807, 2.05) is 120 Å². The largest absolute Gasteiger partial charge is 0.508 e. The van der Waals surface area contributed by atoms with E-state index in [0.29, 0.717) is 44.3 Å². The second-order valence-electron chi connectivity index (χ2n) is 17.0. The Kier molecular flexibility index (Phi) is 16.0. The first kappa shape index (κ1) is 50.8. The van der Waals surface area contributed by atoms with Crippen LogP contribution in [0, 0.1) is 4.77 Å². The van der Waals surface area contributed by atoms with Crippen LogP contribution in [-0.4, -0.2) is 69.1 Å². The van der Waals surface area contributed by atoms with E-state index in [9.17, 15) is 20.4 Å². The molecule has 10 aromatic rings. The number of nitrogens with one attached hydrogen (secondary N) is 1. The number of hydrogen-bond acceptors (Lipinski definition) is 11. The van der Waals surface area contributed by atoms with E-state index in [1.165, 1.54) is 12.1 Å². The van der Waals surface area contributed by atoms with Crippen molar-refractivity contribution >= 4 is 69.8 Å². The van der Waals surface area contributed by atoms with Crippen LogP contribution in [-0.2, 0) is 25.7 Å². The second-order valence-corrected chi connectivity index (χ2v) is 18.6. The normalized spacial score (nSPS) is 11.1. The molecule has 0 aliphatic carbocycles. The maximum atomic E-state index is 10.8. The summed E-state index contributed by atoms with van der Waals surface area (Å²) in [7, 11) is 4.02. The fraction of sp³-hybridized carbons (Fsp3) is 0.192. The number of aromatic nitrogens is 10. The van der Waals surface area contributed by atoms with Crippen LogP contribution in [0.3, 0.4) is 0 Å². The van der Waals surface area contributed by atoms with Gasteiger partial charge in [-0.1, -0.05) is 51.6 Å². The van der Waals surface area contributed by atoms with Gasteiger partial charge in [0.1, 0.15) is 23.0 Å². The summed E-state index contributed by atoms with van der Waals surface area (Å²) < 4.78 is 8.31. The van der Waals surface area contributed by atoms with Crippen LogP contribution in [0.15, 0.2) is 139 Å². The lowest BCUT2D eigenvalue weighted by molar-refractivity contribution is 0.443. The van der Waals surface area contributed by atoms with E-state index in [-0.39, 0.29) is 47.2 Å². The van der Waals surface area contributed by atoms with Crippen molar-refractivity contribution in [2.45, 2.75) is 56.3 Å². The van der Waals surface area contributed by atoms with E-state index in [4.69, 9.17) is 23.8 Å². The first-order chi connectivity index (χ1) is 33.2. The van der Waals surface area contributed by atoms with Gasteiger partial charge in [-0.25, -0.2) is 0 Å². The maximum absolute atomic E-state index is 10.8. The van der Waals surface area contributed by atoms with Crippen molar-refractivity contribution in [1.29, 1.82) is 0 Å². The molecule has 6 aromatic heterocycles. The van der Waals surface area contributed by atoms with Gasteiger partial charge in [0, 0.05) is 96.8 Å². The number of phenols is 4. The predicted octanol–water partition coefficient (Wildman–Crippen LogP) is 12.5. The molecule has 10 rings (SSSR count). The third-order valence-electron chi connectivity index (χ3n) is 11.5. The highest BCUT2D eigenvalue weighted by Crippen LogP contribution is 2.41. The number of benzene rings is 4. The Labute approximate surface area is 425 Å². The van der Waals surface area contributed by atoms with Crippen molar-refractivity contribution in [3.05, 3.63) is 161 Å². The van der Waals surface area contributed by atoms with Crippen LogP contribution in [0.2, 0.25) is 0 Å². The Bertz CT molecular complexity index is 3460. The molecule has 0 saturated heterocycles. The first-order valence-electron chi connectivity index (χ1n) is 22.0. The van der Waals surface area contributed by atoms with Gasteiger partial charge in [-0.2, -0.15) is 5.10 Å². The molecule has 4 aromatic carbocycles. The minimum Gasteiger partial charge on any atom is -0.508 e. The number of halogens is 2. The Morgan fingerprint density at radius 2 is 1.14 bits per heavy atom. The molecule has 0 spiro atoms. The van der Waals surface area contributed by atoms with Gasteiger partial charge >= 0.3 is 0 Å². The highest BCUT2D eigenvalue weighted by atomic mass is 35.5. The molecular weight excluding hydrogens is 964 g/mol. The lowest BCUT2D eigenvalue weighted by atomic mass is 9.98. The fourth-order valence-corrected chi connectivity index (χ4v) is 9.17. The van der Waals surface area contributed by atoms with E-state index in [1.54, 1.807) is 47.1 Å². The number of pyridine rings is 2. The van der Waals surface area contributed by atoms with Gasteiger partial charge in [-0.15, -0.1) is 34.2 Å². The number of nitrogens with zero attached hydrogens (tertiary/aromatic N) is 9. The quantitative estimate of drug-likeness (QED) is 0.0500. The van der Waals surface area contributed by atoms with Crippen molar-refractivity contribution in [2.24, 2.45) is 14.1 Å². The summed E-state index contributed by atoms with van der Waals surface area (Å²) in [6.07, 6.45) is 11.1. The van der Waals surface area contributed by atoms with Crippen LogP contribution >= 0.6 is 48.0 Å². The molecule has 360 valence electrons. The zero-order valence-corrected chi connectivity index (χ0v) is 42.4. The average molecular weight is 1020 g/mol. The molecule has 0 saturated carbocycles. The average Bonchev–Trinajstić information content (AvgIpc) is 4.14. The fourth-order valence-electron chi connectivity index (χ4n) is 7.88. The molecule has 0 aliphatic heterocycles. The maximum Gasteiger partial charge on any atom is 0.200 e. The number of aryl methyl sites for hydroxylation is 2. The Hall–Kier alpha value is -7.11. The van der Waals surface area contributed by atoms with Crippen molar-refractivity contribution < 1.29 is 20.4 Å². The molecule has 70 heavy (non-hydrogen) atoms. The molecule has 18 heteroatoms. The van der Waals surface area contributed by atoms with E-state index >= 15 is 0 Å². The van der Waals surface area contributed by atoms with Crippen molar-refractivity contribution in [3.63, 3.8) is 0 Å². The van der Waals surface area contributed by atoms with Crippen LogP contribution in [0.25, 0.3) is 56.0 Å². The molecule has 0 unspecified atom stereocenters. The summed E-state index contributed by atoms with van der Waals surface area (Å²) in [4.78, 5) is 8.07. The number of aromatic hydroxyl groups is 4. The van der Waals surface area contributed by atoms with Crippen molar-refractivity contribution in [3.8, 4) is 57.1 Å². The van der Waals surface area contributed by atoms with Gasteiger partial charge in [-0.05, 0) is 119 Å². The summed E-state index contributed by atoms with van der Waals surface area (Å²) in [5.41, 5.74) is 8.64. The third-order valence-corrected chi connectivity index (χ3v) is 13.1. The summed E-state index contributed by atoms with van der Waals surface area (Å²) >= 11 is 12.5. The number of alkyl halides is 1. The number of rotatable bonds is 10. The molecule has 5 N–H and O–H groups in total. The molecule has 0 bridgehead atoms. The van der Waals surface area contributed by atoms with Crippen LogP contribution in [0.4, 0.5) is 0 Å². The molecule has 0 aliphatic rings. The van der Waals surface area contributed by atoms with Crippen LogP contribution in [0.5, 0.6) is 23.0 Å². The molecule has 0 atom stereocenters. The predicted molar refractivity (Wildman–Crippen MR) is 284 cm³/mol. The Morgan fingerprint density at radius 3 is 1.63 bits per heavy atom. The first-order valence-corrected chi connectivity index (χ1v) is 24.0. The number of thioether (sulfide) groups is 1. The van der Waals surface area contributed by atoms with E-state index in [2.05, 4.69) is 57.7 Å². The molecule has 6 heterocycles. The second kappa shape index (κ2) is 22.1. The summed E-state index contributed by atoms with van der Waals surface area (Å²) in [5.74, 6) is 2.46. The number of fused-ring (bicyclic) bond motifs is 2. The lowest BCUT2D eigenvalue weighted by Crippen LogP contribution is -2.01. The van der Waals surface area contributed by atoms with Gasteiger partial charge in [0.25, 0.3) is 0 Å². The van der Waals surface area contributed by atoms with Crippen LogP contribution in [0.1, 0.15) is 61.8 Å². The molecule has 0 fully saturated rings. The highest BCUT2D eigenvalue weighted by Gasteiger charge is 2.23. The number of aromatic amines is 1. The summed E-state index contributed by atoms with van der Waals surface area (Å²) in [6.45, 7) is 7.96. The van der Waals surface area contributed by atoms with Gasteiger partial charge in [0.05, 0.1) is 22.5 Å². The molecule has 0 amide bonds. The summed E-state index contributed by atoms with van der Waals surface area (Å²) in [5, 5.41) is 60.7. The molecule has 14 nitrogen and oxygen atoms in total. The third kappa shape index (κ3) is 10.8. The standard InChI is InChI=1S/C26H25N5O2S.C20H20N4O2S.C6H6ClN.ClH/c1-16(2)20-12-21(24(33)13-23(20)32)25-28-29-26(34-15-17-5-4-9-27-14-17)31(25)19-6-7-22-18(11-19)8-10-30(22)3;1-11(2)14-9-15(18(26)10-17(14)25)19-21-22-20(27)24(19)13-4-5-16-12(8-13)6-7-23(16)3;7-4-6-2-1-3-8-5-6;/h4-14,16,32-33H,15H2,1-3H3;4-11,25-26H,1-3H3,(H,22,27);1-3,5H,4H2;1H. The SMILES string of the molecule is CC(C)c1cc(-c2n[nH]c(=S)n2-c2ccc3c(ccn3C)c2)c(O)cc1O.CC(C)c1cc(-c2nnc(SCc3cccnc3)n2-c2ccc3c(ccn3C)c2)c(O)cc1O.Cl.ClCc1cccnc1. The van der Waals surface area contributed by atoms with E-state index < -0.39 is 0 Å². The van der Waals surface area contributed by atoms with Gasteiger partial charge in [-0.3, -0.25) is 24.2 Å².